The lowest BCUT2D eigenvalue weighted by Crippen LogP contribution is -2.40. The molecule has 1 aliphatic heterocycles. The van der Waals surface area contributed by atoms with Crippen molar-refractivity contribution in [2.45, 2.75) is 18.9 Å². The summed E-state index contributed by atoms with van der Waals surface area (Å²) in [5.41, 5.74) is -0.284. The number of nitrogens with zero attached hydrogens (tertiary/aromatic N) is 2. The summed E-state index contributed by atoms with van der Waals surface area (Å²) in [6.07, 6.45) is 0.988. The maximum atomic E-state index is 13.8. The summed E-state index contributed by atoms with van der Waals surface area (Å²) in [6.45, 7) is 0.330. The lowest BCUT2D eigenvalue weighted by atomic mass is 10.2. The van der Waals surface area contributed by atoms with E-state index in [0.29, 0.717) is 19.4 Å². The van der Waals surface area contributed by atoms with Crippen molar-refractivity contribution in [3.05, 3.63) is 40.9 Å². The zero-order valence-corrected chi connectivity index (χ0v) is 12.6. The van der Waals surface area contributed by atoms with Crippen molar-refractivity contribution in [2.24, 2.45) is 0 Å². The van der Waals surface area contributed by atoms with E-state index in [0.717, 1.165) is 23.5 Å². The molecule has 1 atom stereocenters. The molecule has 1 N–H and O–H groups in total. The van der Waals surface area contributed by atoms with Crippen molar-refractivity contribution >= 4 is 23.2 Å². The van der Waals surface area contributed by atoms with E-state index in [-0.39, 0.29) is 16.3 Å². The average Bonchev–Trinajstić information content (AvgIpc) is 3.16. The van der Waals surface area contributed by atoms with Gasteiger partial charge in [-0.05, 0) is 25.0 Å². The molecule has 0 bridgehead atoms. The van der Waals surface area contributed by atoms with Crippen LogP contribution >= 0.6 is 11.3 Å². The molecule has 3 rings (SSSR count). The molecule has 1 amide bonds. The molecule has 23 heavy (non-hydrogen) atoms. The van der Waals surface area contributed by atoms with Crippen molar-refractivity contribution < 1.29 is 23.5 Å². The first kappa shape index (κ1) is 15.5. The first-order valence-electron chi connectivity index (χ1n) is 6.92. The summed E-state index contributed by atoms with van der Waals surface area (Å²) >= 11 is 0.942. The predicted octanol–water partition coefficient (Wildman–Crippen LogP) is 2.78. The van der Waals surface area contributed by atoms with Gasteiger partial charge in [-0.15, -0.1) is 11.3 Å². The normalized spacial score (nSPS) is 17.5. The summed E-state index contributed by atoms with van der Waals surface area (Å²) in [4.78, 5) is 28.8. The van der Waals surface area contributed by atoms with Gasteiger partial charge in [-0.1, -0.05) is 6.07 Å². The Kier molecular flexibility index (Phi) is 4.08. The van der Waals surface area contributed by atoms with Crippen LogP contribution in [0.3, 0.4) is 0 Å². The average molecular weight is 338 g/mol. The Morgan fingerprint density at radius 2 is 2.00 bits per heavy atom. The molecule has 1 aromatic carbocycles. The molecule has 1 fully saturated rings. The minimum absolute atomic E-state index is 0.000744. The third-order valence-corrected chi connectivity index (χ3v) is 4.56. The first-order chi connectivity index (χ1) is 11.0. The van der Waals surface area contributed by atoms with Crippen molar-refractivity contribution in [3.63, 3.8) is 0 Å². The maximum Gasteiger partial charge on any atom is 0.326 e. The van der Waals surface area contributed by atoms with E-state index in [4.69, 9.17) is 5.11 Å². The molecular weight excluding hydrogens is 326 g/mol. The van der Waals surface area contributed by atoms with Crippen molar-refractivity contribution in [1.82, 2.24) is 9.88 Å². The van der Waals surface area contributed by atoms with E-state index in [1.54, 1.807) is 0 Å². The van der Waals surface area contributed by atoms with Gasteiger partial charge in [0, 0.05) is 11.9 Å². The third-order valence-electron chi connectivity index (χ3n) is 3.70. The van der Waals surface area contributed by atoms with Crippen LogP contribution in [0.5, 0.6) is 0 Å². The first-order valence-corrected chi connectivity index (χ1v) is 7.80. The van der Waals surface area contributed by atoms with E-state index in [1.165, 1.54) is 16.3 Å². The zero-order valence-electron chi connectivity index (χ0n) is 11.8. The highest BCUT2D eigenvalue weighted by atomic mass is 32.1. The molecule has 0 saturated carbocycles. The second-order valence-corrected chi connectivity index (χ2v) is 5.99. The number of carbonyl (C=O) groups excluding carboxylic acids is 1. The van der Waals surface area contributed by atoms with Gasteiger partial charge >= 0.3 is 5.97 Å². The number of hydrogen-bond acceptors (Lipinski definition) is 4. The number of rotatable bonds is 3. The van der Waals surface area contributed by atoms with Crippen LogP contribution in [0.4, 0.5) is 8.78 Å². The number of benzene rings is 1. The highest BCUT2D eigenvalue weighted by molar-refractivity contribution is 7.13. The van der Waals surface area contributed by atoms with Gasteiger partial charge in [0.15, 0.2) is 0 Å². The van der Waals surface area contributed by atoms with Crippen LogP contribution in [0.1, 0.15) is 23.3 Å². The monoisotopic (exact) mass is 338 g/mol. The Balaban J connectivity index is 1.90. The van der Waals surface area contributed by atoms with Crippen LogP contribution in [-0.4, -0.2) is 39.5 Å². The fraction of sp³-hybridized carbons (Fsp3) is 0.267. The molecule has 0 unspecified atom stereocenters. The minimum atomic E-state index is -1.06. The second kappa shape index (κ2) is 6.04. The fourth-order valence-electron chi connectivity index (χ4n) is 2.60. The highest BCUT2D eigenvalue weighted by Crippen LogP contribution is 2.30. The van der Waals surface area contributed by atoms with Gasteiger partial charge in [-0.25, -0.2) is 18.6 Å². The van der Waals surface area contributed by atoms with Crippen LogP contribution in [0.2, 0.25) is 0 Å². The molecule has 0 radical (unpaired) electrons. The minimum Gasteiger partial charge on any atom is -0.480 e. The summed E-state index contributed by atoms with van der Waals surface area (Å²) in [5.74, 6) is -3.12. The molecule has 2 aromatic rings. The van der Waals surface area contributed by atoms with E-state index in [1.807, 2.05) is 0 Å². The number of likely N-dealkylation sites (tertiary alicyclic amines) is 1. The number of thiazole rings is 1. The molecule has 0 spiro atoms. The van der Waals surface area contributed by atoms with Gasteiger partial charge < -0.3 is 10.0 Å². The van der Waals surface area contributed by atoms with Crippen LogP contribution in [0.15, 0.2) is 23.6 Å². The molecule has 8 heteroatoms. The molecule has 2 heterocycles. The summed E-state index contributed by atoms with van der Waals surface area (Å²) < 4.78 is 27.5. The van der Waals surface area contributed by atoms with Gasteiger partial charge in [0.25, 0.3) is 5.91 Å². The largest absolute Gasteiger partial charge is 0.480 e. The van der Waals surface area contributed by atoms with Gasteiger partial charge in [-0.2, -0.15) is 0 Å². The summed E-state index contributed by atoms with van der Waals surface area (Å²) in [5, 5.41) is 10.6. The molecule has 120 valence electrons. The Hall–Kier alpha value is -2.35. The Morgan fingerprint density at radius 3 is 2.65 bits per heavy atom. The van der Waals surface area contributed by atoms with Crippen LogP contribution in [-0.2, 0) is 4.79 Å². The van der Waals surface area contributed by atoms with Crippen molar-refractivity contribution in [2.75, 3.05) is 6.54 Å². The second-order valence-electron chi connectivity index (χ2n) is 5.13. The third kappa shape index (κ3) is 2.81. The molecule has 5 nitrogen and oxygen atoms in total. The zero-order chi connectivity index (χ0) is 16.6. The van der Waals surface area contributed by atoms with Gasteiger partial charge in [-0.3, -0.25) is 4.79 Å². The predicted molar refractivity (Wildman–Crippen MR) is 79.2 cm³/mol. The molecule has 0 aliphatic carbocycles. The lowest BCUT2D eigenvalue weighted by molar-refractivity contribution is -0.141. The van der Waals surface area contributed by atoms with Gasteiger partial charge in [0.1, 0.15) is 28.4 Å². The number of hydrogen-bond donors (Lipinski definition) is 1. The standard InChI is InChI=1S/C15H12F2N2O3S/c16-8-3-1-4-9(17)12(8)13-18-10(7-23-13)14(20)19-6-2-5-11(19)15(21)22/h1,3-4,7,11H,2,5-6H2,(H,21,22)/t11-/m1/s1. The smallest absolute Gasteiger partial charge is 0.326 e. The summed E-state index contributed by atoms with van der Waals surface area (Å²) in [7, 11) is 0. The quantitative estimate of drug-likeness (QED) is 0.934. The Bertz CT molecular complexity index is 758. The van der Waals surface area contributed by atoms with Crippen LogP contribution in [0.25, 0.3) is 10.6 Å². The fourth-order valence-corrected chi connectivity index (χ4v) is 3.44. The SMILES string of the molecule is O=C(O)[C@H]1CCCN1C(=O)c1csc(-c2c(F)cccc2F)n1. The number of carboxylic acids is 1. The number of halogens is 2. The highest BCUT2D eigenvalue weighted by Gasteiger charge is 2.35. The van der Waals surface area contributed by atoms with E-state index < -0.39 is 29.6 Å². The van der Waals surface area contributed by atoms with E-state index >= 15 is 0 Å². The maximum absolute atomic E-state index is 13.8. The molecule has 1 aromatic heterocycles. The number of carbonyl (C=O) groups is 2. The number of aromatic nitrogens is 1. The van der Waals surface area contributed by atoms with Crippen molar-refractivity contribution in [3.8, 4) is 10.6 Å². The Labute approximate surface area is 134 Å². The van der Waals surface area contributed by atoms with Gasteiger partial charge in [0.05, 0.1) is 5.56 Å². The topological polar surface area (TPSA) is 70.5 Å². The van der Waals surface area contributed by atoms with Crippen molar-refractivity contribution in [1.29, 1.82) is 0 Å². The lowest BCUT2D eigenvalue weighted by Gasteiger charge is -2.20. The van der Waals surface area contributed by atoms with E-state index in [2.05, 4.69) is 4.98 Å². The Morgan fingerprint density at radius 1 is 1.30 bits per heavy atom. The number of aliphatic carboxylic acids is 1. The molecule has 1 aliphatic rings. The van der Waals surface area contributed by atoms with Crippen LogP contribution in [0, 0.1) is 11.6 Å². The van der Waals surface area contributed by atoms with Gasteiger partial charge in [0.2, 0.25) is 0 Å². The molecular formula is C15H12F2N2O3S. The number of carboxylic acid groups (broad SMARTS) is 1. The number of amides is 1. The molecule has 1 saturated heterocycles. The van der Waals surface area contributed by atoms with E-state index in [9.17, 15) is 18.4 Å². The summed E-state index contributed by atoms with van der Waals surface area (Å²) in [6, 6.07) is 2.60. The van der Waals surface area contributed by atoms with Crippen LogP contribution < -0.4 is 0 Å².